The van der Waals surface area contributed by atoms with Crippen LogP contribution in [0.25, 0.3) is 0 Å². The minimum absolute atomic E-state index is 0.0330. The smallest absolute Gasteiger partial charge is 0.252 e. The van der Waals surface area contributed by atoms with E-state index in [1.165, 1.54) is 11.1 Å². The van der Waals surface area contributed by atoms with E-state index < -0.39 is 0 Å². The van der Waals surface area contributed by atoms with E-state index in [2.05, 4.69) is 31.3 Å². The van der Waals surface area contributed by atoms with Crippen LogP contribution in [-0.4, -0.2) is 17.6 Å². The number of rotatable bonds is 3. The van der Waals surface area contributed by atoms with Gasteiger partial charge < -0.3 is 5.32 Å². The summed E-state index contributed by atoms with van der Waals surface area (Å²) < 4.78 is 0. The minimum Gasteiger partial charge on any atom is -0.353 e. The van der Waals surface area contributed by atoms with E-state index in [4.69, 9.17) is 12.2 Å². The van der Waals surface area contributed by atoms with E-state index in [1.54, 1.807) is 4.90 Å². The van der Waals surface area contributed by atoms with Crippen molar-refractivity contribution in [1.82, 2.24) is 5.32 Å². The summed E-state index contributed by atoms with van der Waals surface area (Å²) in [6, 6.07) is 6.16. The van der Waals surface area contributed by atoms with Gasteiger partial charge in [0.1, 0.15) is 0 Å². The molecule has 2 rings (SSSR count). The Hall–Kier alpha value is -1.42. The molecule has 0 radical (unpaired) electrons. The van der Waals surface area contributed by atoms with E-state index in [9.17, 15) is 4.79 Å². The van der Waals surface area contributed by atoms with Gasteiger partial charge in [0.25, 0.3) is 5.91 Å². The zero-order valence-corrected chi connectivity index (χ0v) is 10.9. The maximum atomic E-state index is 11.9. The van der Waals surface area contributed by atoms with E-state index in [0.717, 1.165) is 18.5 Å². The molecule has 1 amide bonds. The number of amides is 1. The zero-order valence-electron chi connectivity index (χ0n) is 10.1. The Morgan fingerprint density at radius 3 is 2.29 bits per heavy atom. The Labute approximate surface area is 107 Å². The number of carbonyl (C=O) groups is 1. The third kappa shape index (κ3) is 2.05. The fourth-order valence-corrected chi connectivity index (χ4v) is 2.42. The molecule has 90 valence electrons. The second kappa shape index (κ2) is 4.84. The second-order valence-corrected chi connectivity index (χ2v) is 4.41. The molecular weight excluding hydrogens is 232 g/mol. The first kappa shape index (κ1) is 12.0. The van der Waals surface area contributed by atoms with Crippen molar-refractivity contribution in [3.8, 4) is 0 Å². The van der Waals surface area contributed by atoms with Crippen molar-refractivity contribution in [3.63, 3.8) is 0 Å². The largest absolute Gasteiger partial charge is 0.353 e. The van der Waals surface area contributed by atoms with Gasteiger partial charge in [-0.2, -0.15) is 0 Å². The summed E-state index contributed by atoms with van der Waals surface area (Å²) in [4.78, 5) is 13.5. The molecule has 1 aromatic rings. The molecule has 0 unspecified atom stereocenters. The number of hydrogen-bond acceptors (Lipinski definition) is 2. The summed E-state index contributed by atoms with van der Waals surface area (Å²) in [5.41, 5.74) is 3.32. The number of hydrogen-bond donors (Lipinski definition) is 1. The summed E-state index contributed by atoms with van der Waals surface area (Å²) in [5, 5.41) is 3.45. The number of thiocarbonyl (C=S) groups is 1. The average molecular weight is 248 g/mol. The highest BCUT2D eigenvalue weighted by atomic mass is 32.1. The molecule has 1 N–H and O–H groups in total. The van der Waals surface area contributed by atoms with Gasteiger partial charge in [0.2, 0.25) is 0 Å². The Bertz CT molecular complexity index is 432. The molecule has 1 fully saturated rings. The van der Waals surface area contributed by atoms with Crippen LogP contribution in [0.4, 0.5) is 5.69 Å². The number of para-hydroxylation sites is 1. The first-order valence-electron chi connectivity index (χ1n) is 5.90. The fourth-order valence-electron chi connectivity index (χ4n) is 2.15. The number of anilines is 1. The molecule has 1 aliphatic heterocycles. The molecule has 17 heavy (non-hydrogen) atoms. The van der Waals surface area contributed by atoms with Gasteiger partial charge in [0.05, 0.1) is 12.2 Å². The Morgan fingerprint density at radius 1 is 1.29 bits per heavy atom. The third-order valence-corrected chi connectivity index (χ3v) is 3.36. The summed E-state index contributed by atoms with van der Waals surface area (Å²) in [5.74, 6) is 0.0330. The summed E-state index contributed by atoms with van der Waals surface area (Å²) in [7, 11) is 0. The molecule has 0 aliphatic carbocycles. The van der Waals surface area contributed by atoms with Crippen LogP contribution in [0.5, 0.6) is 0 Å². The molecule has 1 aromatic carbocycles. The molecule has 0 spiro atoms. The van der Waals surface area contributed by atoms with Crippen molar-refractivity contribution in [1.29, 1.82) is 0 Å². The third-order valence-electron chi connectivity index (χ3n) is 3.03. The van der Waals surface area contributed by atoms with Gasteiger partial charge in [-0.25, -0.2) is 0 Å². The number of aryl methyl sites for hydroxylation is 2. The monoisotopic (exact) mass is 248 g/mol. The fraction of sp³-hybridized carbons (Fsp3) is 0.385. The summed E-state index contributed by atoms with van der Waals surface area (Å²) in [6.45, 7) is 4.49. The predicted octanol–water partition coefficient (Wildman–Crippen LogP) is 2.03. The van der Waals surface area contributed by atoms with Crippen LogP contribution in [0, 0.1) is 0 Å². The van der Waals surface area contributed by atoms with Crippen molar-refractivity contribution in [2.75, 3.05) is 11.4 Å². The standard InChI is InChI=1S/C13H16N2OS/c1-3-9-6-5-7-10(4-2)12(9)15-11(16)8-14-13(15)17/h5-7H,3-4,8H2,1-2H3,(H,14,17). The molecule has 3 nitrogen and oxygen atoms in total. The highest BCUT2D eigenvalue weighted by molar-refractivity contribution is 7.80. The number of nitrogens with zero attached hydrogens (tertiary/aromatic N) is 1. The topological polar surface area (TPSA) is 32.3 Å². The lowest BCUT2D eigenvalue weighted by Gasteiger charge is -2.21. The van der Waals surface area contributed by atoms with Crippen molar-refractivity contribution in [2.45, 2.75) is 26.7 Å². The Kier molecular flexibility index (Phi) is 3.43. The van der Waals surface area contributed by atoms with E-state index in [0.29, 0.717) is 11.7 Å². The number of nitrogens with one attached hydrogen (secondary N) is 1. The minimum atomic E-state index is 0.0330. The van der Waals surface area contributed by atoms with E-state index in [-0.39, 0.29) is 5.91 Å². The van der Waals surface area contributed by atoms with Crippen molar-refractivity contribution < 1.29 is 4.79 Å². The number of benzene rings is 1. The van der Waals surface area contributed by atoms with Crippen LogP contribution in [0.3, 0.4) is 0 Å². The van der Waals surface area contributed by atoms with Crippen molar-refractivity contribution in [3.05, 3.63) is 29.3 Å². The number of carbonyl (C=O) groups excluding carboxylic acids is 1. The quantitative estimate of drug-likeness (QED) is 0.831. The zero-order chi connectivity index (χ0) is 12.4. The normalized spacial score (nSPS) is 15.3. The molecule has 0 atom stereocenters. The van der Waals surface area contributed by atoms with E-state index >= 15 is 0 Å². The summed E-state index contributed by atoms with van der Waals surface area (Å²) >= 11 is 5.21. The van der Waals surface area contributed by atoms with Crippen molar-refractivity contribution >= 4 is 28.9 Å². The highest BCUT2D eigenvalue weighted by Gasteiger charge is 2.29. The van der Waals surface area contributed by atoms with Crippen LogP contribution in [0.2, 0.25) is 0 Å². The lowest BCUT2D eigenvalue weighted by molar-refractivity contribution is -0.115. The SMILES string of the molecule is CCc1cccc(CC)c1N1C(=O)CNC1=S. The lowest BCUT2D eigenvalue weighted by Crippen LogP contribution is -2.32. The highest BCUT2D eigenvalue weighted by Crippen LogP contribution is 2.28. The van der Waals surface area contributed by atoms with Crippen LogP contribution in [0.1, 0.15) is 25.0 Å². The second-order valence-electron chi connectivity index (χ2n) is 4.02. The van der Waals surface area contributed by atoms with Crippen LogP contribution in [0.15, 0.2) is 18.2 Å². The van der Waals surface area contributed by atoms with Gasteiger partial charge in [-0.05, 0) is 36.2 Å². The van der Waals surface area contributed by atoms with Gasteiger partial charge >= 0.3 is 0 Å². The van der Waals surface area contributed by atoms with Gasteiger partial charge in [-0.15, -0.1) is 0 Å². The van der Waals surface area contributed by atoms with Gasteiger partial charge in [-0.3, -0.25) is 9.69 Å². The lowest BCUT2D eigenvalue weighted by atomic mass is 10.0. The molecule has 1 saturated heterocycles. The van der Waals surface area contributed by atoms with Crippen molar-refractivity contribution in [2.24, 2.45) is 0 Å². The molecule has 0 aromatic heterocycles. The van der Waals surface area contributed by atoms with Crippen LogP contribution < -0.4 is 10.2 Å². The molecule has 4 heteroatoms. The first-order chi connectivity index (χ1) is 8.19. The van der Waals surface area contributed by atoms with Gasteiger partial charge in [0.15, 0.2) is 5.11 Å². The van der Waals surface area contributed by atoms with Gasteiger partial charge in [-0.1, -0.05) is 32.0 Å². The summed E-state index contributed by atoms with van der Waals surface area (Å²) in [6.07, 6.45) is 1.80. The van der Waals surface area contributed by atoms with Crippen LogP contribution >= 0.6 is 12.2 Å². The molecule has 1 aliphatic rings. The van der Waals surface area contributed by atoms with E-state index in [1.807, 2.05) is 6.07 Å². The Morgan fingerprint density at radius 2 is 1.88 bits per heavy atom. The first-order valence-corrected chi connectivity index (χ1v) is 6.31. The maximum Gasteiger partial charge on any atom is 0.252 e. The molecule has 0 saturated carbocycles. The average Bonchev–Trinajstić information content (AvgIpc) is 2.68. The van der Waals surface area contributed by atoms with Gasteiger partial charge in [0, 0.05) is 0 Å². The van der Waals surface area contributed by atoms with Crippen LogP contribution in [-0.2, 0) is 17.6 Å². The molecule has 1 heterocycles. The molecule has 0 bridgehead atoms. The predicted molar refractivity (Wildman–Crippen MR) is 73.3 cm³/mol. The maximum absolute atomic E-state index is 11.9. The Balaban J connectivity index is 2.56. The molecular formula is C13H16N2OS.